The van der Waals surface area contributed by atoms with Crippen LogP contribution in [0.25, 0.3) is 0 Å². The topological polar surface area (TPSA) is 96.3 Å². The Kier molecular flexibility index (Phi) is 6.62. The van der Waals surface area contributed by atoms with Gasteiger partial charge in [-0.2, -0.15) is 5.26 Å². The number of rotatable bonds is 7. The van der Waals surface area contributed by atoms with Crippen LogP contribution in [0.5, 0.6) is 0 Å². The van der Waals surface area contributed by atoms with Crippen molar-refractivity contribution in [2.45, 2.75) is 24.7 Å². The highest BCUT2D eigenvalue weighted by molar-refractivity contribution is 7.89. The lowest BCUT2D eigenvalue weighted by Gasteiger charge is -2.07. The number of sulfonamides is 1. The van der Waals surface area contributed by atoms with Crippen LogP contribution in [-0.4, -0.2) is 27.5 Å². The number of halogens is 1. The Balaban J connectivity index is 2.60. The quantitative estimate of drug-likeness (QED) is 0.607. The van der Waals surface area contributed by atoms with Crippen LogP contribution in [-0.2, 0) is 19.6 Å². The number of carbonyl (C=O) groups excluding carboxylic acids is 1. The fourth-order valence-corrected chi connectivity index (χ4v) is 2.90. The number of hydrogen-bond acceptors (Lipinski definition) is 5. The molecule has 1 aromatic rings. The highest BCUT2D eigenvalue weighted by Gasteiger charge is 2.15. The molecule has 0 fully saturated rings. The van der Waals surface area contributed by atoms with Crippen molar-refractivity contribution in [3.8, 4) is 6.07 Å². The summed E-state index contributed by atoms with van der Waals surface area (Å²) in [6.07, 6.45) is 0.479. The summed E-state index contributed by atoms with van der Waals surface area (Å²) < 4.78 is 31.1. The van der Waals surface area contributed by atoms with Crippen molar-refractivity contribution in [1.29, 1.82) is 5.26 Å². The molecule has 0 amide bonds. The van der Waals surface area contributed by atoms with E-state index in [0.717, 1.165) is 0 Å². The Bertz CT molecular complexity index is 653. The Morgan fingerprint density at radius 1 is 1.48 bits per heavy atom. The van der Waals surface area contributed by atoms with Crippen molar-refractivity contribution in [3.63, 3.8) is 0 Å². The van der Waals surface area contributed by atoms with E-state index in [4.69, 9.17) is 21.6 Å². The van der Waals surface area contributed by atoms with Crippen molar-refractivity contribution in [2.75, 3.05) is 13.2 Å². The minimum Gasteiger partial charge on any atom is -0.466 e. The van der Waals surface area contributed by atoms with Gasteiger partial charge in [0.05, 0.1) is 22.1 Å². The first-order valence-corrected chi connectivity index (χ1v) is 8.11. The number of esters is 1. The second kappa shape index (κ2) is 7.98. The molecular formula is C13H15ClN2O4S. The van der Waals surface area contributed by atoms with Gasteiger partial charge in [-0.15, -0.1) is 0 Å². The highest BCUT2D eigenvalue weighted by atomic mass is 35.5. The van der Waals surface area contributed by atoms with E-state index in [1.54, 1.807) is 6.92 Å². The van der Waals surface area contributed by atoms with Crippen molar-refractivity contribution in [1.82, 2.24) is 4.72 Å². The minimum absolute atomic E-state index is 0.0253. The summed E-state index contributed by atoms with van der Waals surface area (Å²) >= 11 is 5.80. The van der Waals surface area contributed by atoms with Gasteiger partial charge in [-0.1, -0.05) is 11.6 Å². The molecule has 0 saturated heterocycles. The molecular weight excluding hydrogens is 316 g/mol. The summed E-state index contributed by atoms with van der Waals surface area (Å²) in [6, 6.07) is 5.71. The number of nitrogens with one attached hydrogen (secondary N) is 1. The summed E-state index contributed by atoms with van der Waals surface area (Å²) in [5, 5.41) is 8.81. The van der Waals surface area contributed by atoms with Crippen molar-refractivity contribution < 1.29 is 17.9 Å². The zero-order valence-corrected chi connectivity index (χ0v) is 13.0. The fourth-order valence-electron chi connectivity index (χ4n) is 1.51. The highest BCUT2D eigenvalue weighted by Crippen LogP contribution is 2.20. The summed E-state index contributed by atoms with van der Waals surface area (Å²) in [5.74, 6) is -0.363. The lowest BCUT2D eigenvalue weighted by atomic mass is 10.2. The molecule has 0 heterocycles. The van der Waals surface area contributed by atoms with Gasteiger partial charge in [0.1, 0.15) is 6.07 Å². The van der Waals surface area contributed by atoms with Crippen LogP contribution in [0.15, 0.2) is 23.1 Å². The van der Waals surface area contributed by atoms with E-state index < -0.39 is 10.0 Å². The zero-order chi connectivity index (χ0) is 15.9. The van der Waals surface area contributed by atoms with Gasteiger partial charge in [0.15, 0.2) is 0 Å². The average Bonchev–Trinajstić information content (AvgIpc) is 2.44. The molecule has 1 rings (SSSR count). The van der Waals surface area contributed by atoms with E-state index >= 15 is 0 Å². The molecule has 0 aliphatic heterocycles. The monoisotopic (exact) mass is 330 g/mol. The predicted octanol–water partition coefficient (Wildman–Crippen LogP) is 1.83. The number of carbonyl (C=O) groups is 1. The van der Waals surface area contributed by atoms with Crippen LogP contribution in [0.2, 0.25) is 5.02 Å². The maximum Gasteiger partial charge on any atom is 0.305 e. The first-order valence-electron chi connectivity index (χ1n) is 6.25. The molecule has 8 heteroatoms. The van der Waals surface area contributed by atoms with Crippen LogP contribution in [0.3, 0.4) is 0 Å². The standard InChI is InChI=1S/C13H15ClN2O4S/c1-2-20-13(17)4-3-7-16-21(18,19)11-6-5-10(9-15)12(14)8-11/h5-6,8,16H,2-4,7H2,1H3. The molecule has 0 atom stereocenters. The molecule has 114 valence electrons. The minimum atomic E-state index is -3.71. The summed E-state index contributed by atoms with van der Waals surface area (Å²) in [4.78, 5) is 11.1. The third-order valence-corrected chi connectivity index (χ3v) is 4.30. The molecule has 0 aromatic heterocycles. The molecule has 6 nitrogen and oxygen atoms in total. The third-order valence-electron chi connectivity index (χ3n) is 2.53. The van der Waals surface area contributed by atoms with Crippen molar-refractivity contribution in [2.24, 2.45) is 0 Å². The van der Waals surface area contributed by atoms with Crippen LogP contribution >= 0.6 is 11.6 Å². The predicted molar refractivity (Wildman–Crippen MR) is 77.2 cm³/mol. The van der Waals surface area contributed by atoms with Gasteiger partial charge in [-0.25, -0.2) is 13.1 Å². The molecule has 0 radical (unpaired) electrons. The Labute approximate surface area is 128 Å². The summed E-state index contributed by atoms with van der Waals surface area (Å²) in [5.41, 5.74) is 0.206. The molecule has 0 aliphatic rings. The van der Waals surface area contributed by atoms with E-state index in [1.807, 2.05) is 6.07 Å². The Morgan fingerprint density at radius 2 is 2.19 bits per heavy atom. The van der Waals surface area contributed by atoms with E-state index in [0.29, 0.717) is 13.0 Å². The van der Waals surface area contributed by atoms with Gasteiger partial charge < -0.3 is 4.74 Å². The molecule has 0 aliphatic carbocycles. The molecule has 0 unspecified atom stereocenters. The van der Waals surface area contributed by atoms with E-state index in [-0.39, 0.29) is 34.4 Å². The molecule has 0 bridgehead atoms. The van der Waals surface area contributed by atoms with Gasteiger partial charge in [0.2, 0.25) is 10.0 Å². The molecule has 1 N–H and O–H groups in total. The lowest BCUT2D eigenvalue weighted by molar-refractivity contribution is -0.143. The average molecular weight is 331 g/mol. The summed E-state index contributed by atoms with van der Waals surface area (Å²) in [7, 11) is -3.71. The van der Waals surface area contributed by atoms with Gasteiger partial charge >= 0.3 is 5.97 Å². The summed E-state index contributed by atoms with van der Waals surface area (Å²) in [6.45, 7) is 2.11. The number of nitrogens with zero attached hydrogens (tertiary/aromatic N) is 1. The maximum atomic E-state index is 12.0. The largest absolute Gasteiger partial charge is 0.466 e. The Morgan fingerprint density at radius 3 is 2.76 bits per heavy atom. The van der Waals surface area contributed by atoms with Crippen LogP contribution in [0.4, 0.5) is 0 Å². The number of ether oxygens (including phenoxy) is 1. The number of benzene rings is 1. The number of hydrogen-bond donors (Lipinski definition) is 1. The second-order valence-corrected chi connectivity index (χ2v) is 6.23. The molecule has 1 aromatic carbocycles. The van der Waals surface area contributed by atoms with Crippen molar-refractivity contribution in [3.05, 3.63) is 28.8 Å². The fraction of sp³-hybridized carbons (Fsp3) is 0.385. The van der Waals surface area contributed by atoms with Crippen LogP contribution in [0.1, 0.15) is 25.3 Å². The SMILES string of the molecule is CCOC(=O)CCCNS(=O)(=O)c1ccc(C#N)c(Cl)c1. The smallest absolute Gasteiger partial charge is 0.305 e. The van der Waals surface area contributed by atoms with E-state index in [1.165, 1.54) is 18.2 Å². The third kappa shape index (κ3) is 5.34. The Hall–Kier alpha value is -1.62. The van der Waals surface area contributed by atoms with Gasteiger partial charge in [0, 0.05) is 13.0 Å². The molecule has 0 spiro atoms. The van der Waals surface area contributed by atoms with Gasteiger partial charge in [-0.05, 0) is 31.5 Å². The number of nitriles is 1. The molecule has 21 heavy (non-hydrogen) atoms. The molecule has 0 saturated carbocycles. The van der Waals surface area contributed by atoms with Gasteiger partial charge in [-0.3, -0.25) is 4.79 Å². The normalized spacial score (nSPS) is 10.9. The first kappa shape index (κ1) is 17.4. The van der Waals surface area contributed by atoms with E-state index in [2.05, 4.69) is 4.72 Å². The zero-order valence-electron chi connectivity index (χ0n) is 11.4. The van der Waals surface area contributed by atoms with Crippen LogP contribution in [0, 0.1) is 11.3 Å². The lowest BCUT2D eigenvalue weighted by Crippen LogP contribution is -2.25. The van der Waals surface area contributed by atoms with Crippen LogP contribution < -0.4 is 4.72 Å². The van der Waals surface area contributed by atoms with Gasteiger partial charge in [0.25, 0.3) is 0 Å². The maximum absolute atomic E-state index is 12.0. The second-order valence-electron chi connectivity index (χ2n) is 4.06. The van der Waals surface area contributed by atoms with E-state index in [9.17, 15) is 13.2 Å². The van der Waals surface area contributed by atoms with Crippen molar-refractivity contribution >= 4 is 27.6 Å². The first-order chi connectivity index (χ1) is 9.90.